The first kappa shape index (κ1) is 16.1. The fraction of sp³-hybridized carbons (Fsp3) is 0.308. The molecule has 0 unspecified atom stereocenters. The lowest BCUT2D eigenvalue weighted by molar-refractivity contribution is 0.0691. The van der Waals surface area contributed by atoms with E-state index in [2.05, 4.69) is 10.6 Å². The van der Waals surface area contributed by atoms with E-state index < -0.39 is 32.9 Å². The third-order valence-electron chi connectivity index (χ3n) is 2.52. The molecule has 7 heteroatoms. The molecular formula is C13H14FNO4S. The Morgan fingerprint density at radius 3 is 2.45 bits per heavy atom. The minimum Gasteiger partial charge on any atom is -0.478 e. The van der Waals surface area contributed by atoms with Gasteiger partial charge in [-0.3, -0.25) is 0 Å². The number of hydrogen-bond donors (Lipinski definition) is 2. The summed E-state index contributed by atoms with van der Waals surface area (Å²) in [7, 11) is -4.05. The molecule has 0 heterocycles. The van der Waals surface area contributed by atoms with Crippen LogP contribution < -0.4 is 4.72 Å². The van der Waals surface area contributed by atoms with Gasteiger partial charge < -0.3 is 5.11 Å². The number of halogens is 1. The van der Waals surface area contributed by atoms with Gasteiger partial charge in [-0.15, -0.1) is 6.42 Å². The van der Waals surface area contributed by atoms with Gasteiger partial charge in [-0.05, 0) is 38.5 Å². The van der Waals surface area contributed by atoms with Crippen LogP contribution in [-0.4, -0.2) is 25.0 Å². The number of sulfonamides is 1. The molecule has 0 saturated heterocycles. The molecule has 0 aliphatic heterocycles. The normalized spacial score (nSPS) is 11.9. The predicted octanol–water partition coefficient (Wildman–Crippen LogP) is 1.52. The maximum absolute atomic E-state index is 13.6. The molecule has 0 spiro atoms. The number of terminal acetylenes is 1. The number of aryl methyl sites for hydroxylation is 1. The van der Waals surface area contributed by atoms with Crippen LogP contribution in [0, 0.1) is 25.1 Å². The van der Waals surface area contributed by atoms with Crippen LogP contribution in [0.25, 0.3) is 0 Å². The third-order valence-corrected chi connectivity index (χ3v) is 4.15. The third kappa shape index (κ3) is 3.35. The summed E-state index contributed by atoms with van der Waals surface area (Å²) >= 11 is 0. The molecule has 0 aromatic heterocycles. The second-order valence-electron chi connectivity index (χ2n) is 4.78. The van der Waals surface area contributed by atoms with Gasteiger partial charge in [0.25, 0.3) is 0 Å². The van der Waals surface area contributed by atoms with Gasteiger partial charge in [-0.1, -0.05) is 5.92 Å². The van der Waals surface area contributed by atoms with E-state index in [1.807, 2.05) is 0 Å². The van der Waals surface area contributed by atoms with Crippen molar-refractivity contribution in [3.05, 3.63) is 29.1 Å². The van der Waals surface area contributed by atoms with Gasteiger partial charge in [0.15, 0.2) is 0 Å². The molecule has 0 aliphatic rings. The summed E-state index contributed by atoms with van der Waals surface area (Å²) in [4.78, 5) is 10.6. The van der Waals surface area contributed by atoms with Crippen molar-refractivity contribution in [1.29, 1.82) is 0 Å². The van der Waals surface area contributed by atoms with Crippen LogP contribution >= 0.6 is 0 Å². The molecule has 5 nitrogen and oxygen atoms in total. The van der Waals surface area contributed by atoms with Gasteiger partial charge in [0.1, 0.15) is 5.82 Å². The van der Waals surface area contributed by atoms with Gasteiger partial charge in [-0.2, -0.15) is 4.72 Å². The number of aromatic carboxylic acids is 1. The van der Waals surface area contributed by atoms with Gasteiger partial charge in [0, 0.05) is 0 Å². The second kappa shape index (κ2) is 5.23. The predicted molar refractivity (Wildman–Crippen MR) is 71.3 cm³/mol. The highest BCUT2D eigenvalue weighted by molar-refractivity contribution is 7.89. The quantitative estimate of drug-likeness (QED) is 0.826. The summed E-state index contributed by atoms with van der Waals surface area (Å²) in [5.74, 6) is -0.258. The number of carbonyl (C=O) groups is 1. The molecule has 0 fully saturated rings. The Morgan fingerprint density at radius 2 is 2.00 bits per heavy atom. The Hall–Kier alpha value is -1.91. The zero-order valence-electron chi connectivity index (χ0n) is 11.2. The standard InChI is InChI=1S/C13H14FNO4S/c1-5-13(3,4)15-20(18,19)9-6-8(2)11(14)10(7-9)12(16)17/h1,6-7,15H,2-4H3,(H,16,17). The van der Waals surface area contributed by atoms with Crippen LogP contribution in [0.2, 0.25) is 0 Å². The number of hydrogen-bond acceptors (Lipinski definition) is 3. The molecule has 2 N–H and O–H groups in total. The summed E-state index contributed by atoms with van der Waals surface area (Å²) in [5, 5.41) is 8.87. The Morgan fingerprint density at radius 1 is 1.45 bits per heavy atom. The monoisotopic (exact) mass is 299 g/mol. The van der Waals surface area contributed by atoms with Gasteiger partial charge in [-0.25, -0.2) is 17.6 Å². The minimum absolute atomic E-state index is 0.0798. The van der Waals surface area contributed by atoms with Crippen LogP contribution in [0.15, 0.2) is 17.0 Å². The summed E-state index contributed by atoms with van der Waals surface area (Å²) in [6.07, 6.45) is 5.19. The van der Waals surface area contributed by atoms with Crippen LogP contribution in [0.5, 0.6) is 0 Å². The van der Waals surface area contributed by atoms with Crippen molar-refractivity contribution in [2.75, 3.05) is 0 Å². The van der Waals surface area contributed by atoms with Crippen molar-refractivity contribution in [3.63, 3.8) is 0 Å². The average molecular weight is 299 g/mol. The number of benzene rings is 1. The lowest BCUT2D eigenvalue weighted by Crippen LogP contribution is -2.42. The zero-order chi connectivity index (χ0) is 15.7. The minimum atomic E-state index is -4.05. The van der Waals surface area contributed by atoms with E-state index in [9.17, 15) is 17.6 Å². The fourth-order valence-corrected chi connectivity index (χ4v) is 2.93. The van der Waals surface area contributed by atoms with Crippen molar-refractivity contribution in [3.8, 4) is 12.3 Å². The number of carboxylic acids is 1. The average Bonchev–Trinajstić information content (AvgIpc) is 2.30. The lowest BCUT2D eigenvalue weighted by Gasteiger charge is -2.20. The number of rotatable bonds is 4. The van der Waals surface area contributed by atoms with Crippen molar-refractivity contribution in [2.24, 2.45) is 0 Å². The van der Waals surface area contributed by atoms with E-state index in [1.165, 1.54) is 20.8 Å². The summed E-state index contributed by atoms with van der Waals surface area (Å²) in [5.41, 5.74) is -1.93. The molecule has 0 amide bonds. The highest BCUT2D eigenvalue weighted by atomic mass is 32.2. The van der Waals surface area contributed by atoms with Crippen molar-refractivity contribution in [1.82, 2.24) is 4.72 Å². The highest BCUT2D eigenvalue weighted by Crippen LogP contribution is 2.20. The fourth-order valence-electron chi connectivity index (χ4n) is 1.47. The van der Waals surface area contributed by atoms with E-state index in [0.29, 0.717) is 0 Å². The van der Waals surface area contributed by atoms with Gasteiger partial charge in [0.05, 0.1) is 16.0 Å². The molecule has 20 heavy (non-hydrogen) atoms. The molecule has 0 aliphatic carbocycles. The van der Waals surface area contributed by atoms with Crippen LogP contribution in [-0.2, 0) is 10.0 Å². The molecule has 0 atom stereocenters. The molecule has 1 aromatic carbocycles. The topological polar surface area (TPSA) is 83.5 Å². The molecule has 0 bridgehead atoms. The largest absolute Gasteiger partial charge is 0.478 e. The molecule has 108 valence electrons. The smallest absolute Gasteiger partial charge is 0.338 e. The maximum atomic E-state index is 13.6. The molecule has 0 saturated carbocycles. The highest BCUT2D eigenvalue weighted by Gasteiger charge is 2.26. The molecular weight excluding hydrogens is 285 g/mol. The first-order valence-corrected chi connectivity index (χ1v) is 7.03. The van der Waals surface area contributed by atoms with E-state index in [1.54, 1.807) is 0 Å². The lowest BCUT2D eigenvalue weighted by atomic mass is 10.1. The molecule has 0 radical (unpaired) electrons. The SMILES string of the molecule is C#CC(C)(C)NS(=O)(=O)c1cc(C)c(F)c(C(=O)O)c1. The van der Waals surface area contributed by atoms with E-state index in [0.717, 1.165) is 12.1 Å². The van der Waals surface area contributed by atoms with Gasteiger partial charge in [0.2, 0.25) is 10.0 Å². The van der Waals surface area contributed by atoms with E-state index in [4.69, 9.17) is 11.5 Å². The first-order chi connectivity index (χ1) is 9.00. The van der Waals surface area contributed by atoms with E-state index in [-0.39, 0.29) is 10.5 Å². The second-order valence-corrected chi connectivity index (χ2v) is 6.46. The molecule has 1 aromatic rings. The maximum Gasteiger partial charge on any atom is 0.338 e. The Bertz CT molecular complexity index is 702. The van der Waals surface area contributed by atoms with Crippen molar-refractivity contribution in [2.45, 2.75) is 31.2 Å². The number of carboxylic acid groups (broad SMARTS) is 1. The zero-order valence-corrected chi connectivity index (χ0v) is 12.0. The van der Waals surface area contributed by atoms with Gasteiger partial charge >= 0.3 is 5.97 Å². The summed E-state index contributed by atoms with van der Waals surface area (Å²) in [6, 6.07) is 1.82. The summed E-state index contributed by atoms with van der Waals surface area (Å²) < 4.78 is 40.1. The van der Waals surface area contributed by atoms with Crippen molar-refractivity contribution < 1.29 is 22.7 Å². The van der Waals surface area contributed by atoms with Crippen molar-refractivity contribution >= 4 is 16.0 Å². The Balaban J connectivity index is 3.42. The van der Waals surface area contributed by atoms with Crippen LogP contribution in [0.1, 0.15) is 29.8 Å². The van der Waals surface area contributed by atoms with Crippen LogP contribution in [0.4, 0.5) is 4.39 Å². The Labute approximate surface area is 116 Å². The first-order valence-electron chi connectivity index (χ1n) is 5.55. The van der Waals surface area contributed by atoms with Crippen LogP contribution in [0.3, 0.4) is 0 Å². The number of nitrogens with one attached hydrogen (secondary N) is 1. The molecule has 1 rings (SSSR count). The Kier molecular flexibility index (Phi) is 4.22. The van der Waals surface area contributed by atoms with E-state index >= 15 is 0 Å². The summed E-state index contributed by atoms with van der Waals surface area (Å²) in [6.45, 7) is 4.23.